The quantitative estimate of drug-likeness (QED) is 0.891. The van der Waals surface area contributed by atoms with Gasteiger partial charge in [-0.15, -0.1) is 0 Å². The Morgan fingerprint density at radius 3 is 2.87 bits per heavy atom. The van der Waals surface area contributed by atoms with Crippen LogP contribution in [0.15, 0.2) is 30.6 Å². The van der Waals surface area contributed by atoms with E-state index in [4.69, 9.17) is 4.74 Å². The molecule has 1 aliphatic rings. The predicted molar refractivity (Wildman–Crippen MR) is 87.3 cm³/mol. The number of amides is 1. The highest BCUT2D eigenvalue weighted by Crippen LogP contribution is 2.38. The molecule has 0 radical (unpaired) electrons. The Hall–Kier alpha value is -2.43. The van der Waals surface area contributed by atoms with Crippen molar-refractivity contribution in [1.29, 1.82) is 0 Å². The molecule has 2 aromatic rings. The minimum atomic E-state index is -0.155. The molecule has 1 amide bonds. The Balaban J connectivity index is 1.49. The van der Waals surface area contributed by atoms with Crippen molar-refractivity contribution in [3.63, 3.8) is 0 Å². The summed E-state index contributed by atoms with van der Waals surface area (Å²) in [6.07, 6.45) is 3.97. The molecule has 1 fully saturated rings. The highest BCUT2D eigenvalue weighted by atomic mass is 16.5. The summed E-state index contributed by atoms with van der Waals surface area (Å²) in [5, 5.41) is 2.84. The van der Waals surface area contributed by atoms with Crippen molar-refractivity contribution in [2.45, 2.75) is 39.2 Å². The number of rotatable bonds is 6. The second kappa shape index (κ2) is 6.77. The lowest BCUT2D eigenvalue weighted by atomic mass is 10.1. The first-order valence-electron chi connectivity index (χ1n) is 7.89. The monoisotopic (exact) mass is 311 g/mol. The Morgan fingerprint density at radius 1 is 1.26 bits per heavy atom. The first kappa shape index (κ1) is 15.5. The maximum absolute atomic E-state index is 11.9. The molecule has 1 saturated carbocycles. The van der Waals surface area contributed by atoms with Crippen molar-refractivity contribution < 1.29 is 9.53 Å². The van der Waals surface area contributed by atoms with Gasteiger partial charge in [-0.2, -0.15) is 0 Å². The van der Waals surface area contributed by atoms with Gasteiger partial charge in [0, 0.05) is 11.6 Å². The summed E-state index contributed by atoms with van der Waals surface area (Å²) in [5.41, 5.74) is 4.05. The summed E-state index contributed by atoms with van der Waals surface area (Å²) in [6, 6.07) is 7.93. The Bertz CT molecular complexity index is 711. The van der Waals surface area contributed by atoms with Gasteiger partial charge < -0.3 is 10.1 Å². The second-order valence-electron chi connectivity index (χ2n) is 6.04. The zero-order valence-electron chi connectivity index (χ0n) is 13.5. The van der Waals surface area contributed by atoms with Crippen molar-refractivity contribution >= 4 is 5.91 Å². The zero-order chi connectivity index (χ0) is 16.2. The summed E-state index contributed by atoms with van der Waals surface area (Å²) >= 11 is 0. The molecular formula is C18H21N3O2. The molecule has 5 heteroatoms. The van der Waals surface area contributed by atoms with Gasteiger partial charge in [-0.05, 0) is 49.9 Å². The maximum Gasteiger partial charge on any atom is 0.258 e. The van der Waals surface area contributed by atoms with E-state index in [-0.39, 0.29) is 12.5 Å². The van der Waals surface area contributed by atoms with Gasteiger partial charge in [-0.25, -0.2) is 9.97 Å². The van der Waals surface area contributed by atoms with Crippen molar-refractivity contribution in [1.82, 2.24) is 15.3 Å². The third-order valence-electron chi connectivity index (χ3n) is 3.91. The average Bonchev–Trinajstić information content (AvgIpc) is 3.39. The van der Waals surface area contributed by atoms with Crippen LogP contribution < -0.4 is 10.1 Å². The van der Waals surface area contributed by atoms with Crippen LogP contribution in [0.1, 0.15) is 41.3 Å². The molecule has 0 bridgehead atoms. The molecule has 3 rings (SSSR count). The molecule has 1 aromatic heterocycles. The lowest BCUT2D eigenvalue weighted by molar-refractivity contribution is -0.123. The molecule has 120 valence electrons. The molecule has 1 aliphatic carbocycles. The summed E-state index contributed by atoms with van der Waals surface area (Å²) < 4.78 is 5.59. The van der Waals surface area contributed by atoms with Gasteiger partial charge >= 0.3 is 0 Å². The fraction of sp³-hybridized carbons (Fsp3) is 0.389. The predicted octanol–water partition coefficient (Wildman–Crippen LogP) is 2.67. The standard InChI is InChI=1S/C18H21N3O2/c1-12-3-4-13(2)17(7-12)23-10-18(22)19-9-15-8-16(14-5-6-14)21-11-20-15/h3-4,7-8,11,14H,5-6,9-10H2,1-2H3,(H,19,22). The van der Waals surface area contributed by atoms with E-state index in [0.717, 1.165) is 28.3 Å². The van der Waals surface area contributed by atoms with E-state index in [0.29, 0.717) is 12.5 Å². The van der Waals surface area contributed by atoms with Gasteiger partial charge in [0.25, 0.3) is 5.91 Å². The van der Waals surface area contributed by atoms with Crippen LogP contribution in [0.5, 0.6) is 5.75 Å². The molecule has 0 aliphatic heterocycles. The molecule has 5 nitrogen and oxygen atoms in total. The normalized spacial score (nSPS) is 13.7. The number of hydrogen-bond acceptors (Lipinski definition) is 4. The van der Waals surface area contributed by atoms with Crippen molar-refractivity contribution in [2.24, 2.45) is 0 Å². The van der Waals surface area contributed by atoms with Gasteiger partial charge in [-0.3, -0.25) is 4.79 Å². The molecule has 1 N–H and O–H groups in total. The molecule has 1 aromatic carbocycles. The lowest BCUT2D eigenvalue weighted by Crippen LogP contribution is -2.29. The third-order valence-corrected chi connectivity index (χ3v) is 3.91. The minimum Gasteiger partial charge on any atom is -0.483 e. The van der Waals surface area contributed by atoms with E-state index < -0.39 is 0 Å². The number of ether oxygens (including phenoxy) is 1. The van der Waals surface area contributed by atoms with Crippen LogP contribution in [-0.2, 0) is 11.3 Å². The second-order valence-corrected chi connectivity index (χ2v) is 6.04. The van der Waals surface area contributed by atoms with Crippen molar-refractivity contribution in [3.05, 3.63) is 53.1 Å². The average molecular weight is 311 g/mol. The van der Waals surface area contributed by atoms with Crippen molar-refractivity contribution in [2.75, 3.05) is 6.61 Å². The van der Waals surface area contributed by atoms with Crippen LogP contribution in [0.2, 0.25) is 0 Å². The van der Waals surface area contributed by atoms with Crippen LogP contribution in [0, 0.1) is 13.8 Å². The third kappa shape index (κ3) is 4.28. The molecule has 0 spiro atoms. The Morgan fingerprint density at radius 2 is 2.09 bits per heavy atom. The first-order valence-corrected chi connectivity index (χ1v) is 7.89. The van der Waals surface area contributed by atoms with E-state index in [1.807, 2.05) is 38.1 Å². The van der Waals surface area contributed by atoms with E-state index >= 15 is 0 Å². The largest absolute Gasteiger partial charge is 0.483 e. The molecule has 0 unspecified atom stereocenters. The number of hydrogen-bond donors (Lipinski definition) is 1. The van der Waals surface area contributed by atoms with Crippen molar-refractivity contribution in [3.8, 4) is 5.75 Å². The maximum atomic E-state index is 11.9. The van der Waals surface area contributed by atoms with Crippen LogP contribution >= 0.6 is 0 Å². The van der Waals surface area contributed by atoms with E-state index in [1.54, 1.807) is 6.33 Å². The molecule has 23 heavy (non-hydrogen) atoms. The van der Waals surface area contributed by atoms with Gasteiger partial charge in [0.2, 0.25) is 0 Å². The van der Waals surface area contributed by atoms with Crippen LogP contribution in [-0.4, -0.2) is 22.5 Å². The van der Waals surface area contributed by atoms with Crippen LogP contribution in [0.25, 0.3) is 0 Å². The SMILES string of the molecule is Cc1ccc(C)c(OCC(=O)NCc2cc(C3CC3)ncn2)c1. The van der Waals surface area contributed by atoms with E-state index in [9.17, 15) is 4.79 Å². The van der Waals surface area contributed by atoms with Gasteiger partial charge in [-0.1, -0.05) is 12.1 Å². The van der Waals surface area contributed by atoms with Crippen LogP contribution in [0.4, 0.5) is 0 Å². The minimum absolute atomic E-state index is 0.00482. The summed E-state index contributed by atoms with van der Waals surface area (Å²) in [7, 11) is 0. The summed E-state index contributed by atoms with van der Waals surface area (Å²) in [6.45, 7) is 4.37. The molecule has 0 saturated heterocycles. The number of aryl methyl sites for hydroxylation is 2. The fourth-order valence-corrected chi connectivity index (χ4v) is 2.36. The number of nitrogens with one attached hydrogen (secondary N) is 1. The molecular weight excluding hydrogens is 290 g/mol. The highest BCUT2D eigenvalue weighted by molar-refractivity contribution is 5.77. The first-order chi connectivity index (χ1) is 11.1. The fourth-order valence-electron chi connectivity index (χ4n) is 2.36. The van der Waals surface area contributed by atoms with Crippen LogP contribution in [0.3, 0.4) is 0 Å². The number of nitrogens with zero attached hydrogens (tertiary/aromatic N) is 2. The molecule has 0 atom stereocenters. The van der Waals surface area contributed by atoms with E-state index in [1.165, 1.54) is 12.8 Å². The number of carbonyl (C=O) groups excluding carboxylic acids is 1. The van der Waals surface area contributed by atoms with Gasteiger partial charge in [0.05, 0.1) is 12.2 Å². The Kier molecular flexibility index (Phi) is 4.55. The van der Waals surface area contributed by atoms with Gasteiger partial charge in [0.15, 0.2) is 6.61 Å². The number of benzene rings is 1. The topological polar surface area (TPSA) is 64.1 Å². The Labute approximate surface area is 136 Å². The lowest BCUT2D eigenvalue weighted by Gasteiger charge is -2.10. The number of aromatic nitrogens is 2. The zero-order valence-corrected chi connectivity index (χ0v) is 13.5. The summed E-state index contributed by atoms with van der Waals surface area (Å²) in [5.74, 6) is 1.18. The molecule has 1 heterocycles. The van der Waals surface area contributed by atoms with Gasteiger partial charge in [0.1, 0.15) is 12.1 Å². The summed E-state index contributed by atoms with van der Waals surface area (Å²) in [4.78, 5) is 20.4. The number of carbonyl (C=O) groups is 1. The highest BCUT2D eigenvalue weighted by Gasteiger charge is 2.25. The smallest absolute Gasteiger partial charge is 0.258 e. The van der Waals surface area contributed by atoms with E-state index in [2.05, 4.69) is 15.3 Å².